The Hall–Kier alpha value is -2.16. The molecular formula is C18H20N2O. The molecule has 108 valence electrons. The average molecular weight is 280 g/mol. The van der Waals surface area contributed by atoms with Crippen LogP contribution in [-0.2, 0) is 4.79 Å². The van der Waals surface area contributed by atoms with E-state index in [-0.39, 0.29) is 11.8 Å². The van der Waals surface area contributed by atoms with E-state index in [1.165, 1.54) is 19.3 Å². The molecule has 0 radical (unpaired) electrons. The van der Waals surface area contributed by atoms with Crippen LogP contribution in [0.3, 0.4) is 0 Å². The zero-order valence-corrected chi connectivity index (χ0v) is 12.1. The van der Waals surface area contributed by atoms with Gasteiger partial charge in [-0.15, -0.1) is 0 Å². The van der Waals surface area contributed by atoms with E-state index in [1.54, 1.807) is 6.20 Å². The van der Waals surface area contributed by atoms with Crippen LogP contribution in [0.25, 0.3) is 11.3 Å². The first-order chi connectivity index (χ1) is 10.3. The minimum Gasteiger partial charge on any atom is -0.326 e. The molecule has 0 spiro atoms. The summed E-state index contributed by atoms with van der Waals surface area (Å²) in [5.41, 5.74) is 2.87. The highest BCUT2D eigenvalue weighted by atomic mass is 16.1. The van der Waals surface area contributed by atoms with Crippen molar-refractivity contribution >= 4 is 11.6 Å². The number of amides is 1. The summed E-state index contributed by atoms with van der Waals surface area (Å²) >= 11 is 0. The second-order valence-electron chi connectivity index (χ2n) is 5.62. The van der Waals surface area contributed by atoms with Crippen molar-refractivity contribution in [3.8, 4) is 11.3 Å². The number of anilines is 1. The third-order valence-corrected chi connectivity index (χ3v) is 4.09. The molecular weight excluding hydrogens is 260 g/mol. The SMILES string of the molecule is O=C(Nc1ccc(-c2ccccn2)cc1)C1CCCCC1. The molecule has 1 heterocycles. The highest BCUT2D eigenvalue weighted by molar-refractivity contribution is 5.92. The third kappa shape index (κ3) is 3.48. The van der Waals surface area contributed by atoms with Crippen molar-refractivity contribution in [1.82, 2.24) is 4.98 Å². The molecule has 1 N–H and O–H groups in total. The van der Waals surface area contributed by atoms with Crippen LogP contribution in [0, 0.1) is 5.92 Å². The van der Waals surface area contributed by atoms with Crippen molar-refractivity contribution in [3.63, 3.8) is 0 Å². The van der Waals surface area contributed by atoms with Crippen LogP contribution < -0.4 is 5.32 Å². The van der Waals surface area contributed by atoms with Gasteiger partial charge in [0.2, 0.25) is 5.91 Å². The Morgan fingerprint density at radius 3 is 2.43 bits per heavy atom. The normalized spacial score (nSPS) is 15.6. The summed E-state index contributed by atoms with van der Waals surface area (Å²) in [7, 11) is 0. The second kappa shape index (κ2) is 6.53. The molecule has 1 saturated carbocycles. The molecule has 1 aliphatic rings. The van der Waals surface area contributed by atoms with Gasteiger partial charge in [0.15, 0.2) is 0 Å². The maximum absolute atomic E-state index is 12.2. The predicted molar refractivity (Wildman–Crippen MR) is 84.9 cm³/mol. The van der Waals surface area contributed by atoms with Crippen molar-refractivity contribution in [2.75, 3.05) is 5.32 Å². The standard InChI is InChI=1S/C18H20N2O/c21-18(15-6-2-1-3-7-15)20-16-11-9-14(10-12-16)17-8-4-5-13-19-17/h4-5,8-13,15H,1-3,6-7H2,(H,20,21). The number of benzene rings is 1. The fraction of sp³-hybridized carbons (Fsp3) is 0.333. The van der Waals surface area contributed by atoms with Crippen molar-refractivity contribution in [2.24, 2.45) is 5.92 Å². The molecule has 1 fully saturated rings. The van der Waals surface area contributed by atoms with Gasteiger partial charge in [-0.3, -0.25) is 9.78 Å². The summed E-state index contributed by atoms with van der Waals surface area (Å²) in [6.45, 7) is 0. The van der Waals surface area contributed by atoms with E-state index in [0.29, 0.717) is 0 Å². The zero-order chi connectivity index (χ0) is 14.5. The number of nitrogens with zero attached hydrogens (tertiary/aromatic N) is 1. The Morgan fingerprint density at radius 1 is 1.00 bits per heavy atom. The second-order valence-corrected chi connectivity index (χ2v) is 5.62. The van der Waals surface area contributed by atoms with Gasteiger partial charge in [0.25, 0.3) is 0 Å². The summed E-state index contributed by atoms with van der Waals surface area (Å²) in [4.78, 5) is 16.5. The molecule has 3 heteroatoms. The number of carbonyl (C=O) groups is 1. The van der Waals surface area contributed by atoms with Crippen LogP contribution >= 0.6 is 0 Å². The number of nitrogens with one attached hydrogen (secondary N) is 1. The van der Waals surface area contributed by atoms with E-state index in [4.69, 9.17) is 0 Å². The molecule has 2 aromatic rings. The number of carbonyl (C=O) groups excluding carboxylic acids is 1. The average Bonchev–Trinajstić information content (AvgIpc) is 2.57. The van der Waals surface area contributed by atoms with Gasteiger partial charge >= 0.3 is 0 Å². The summed E-state index contributed by atoms with van der Waals surface area (Å²) in [5.74, 6) is 0.356. The zero-order valence-electron chi connectivity index (χ0n) is 12.1. The van der Waals surface area contributed by atoms with Gasteiger partial charge in [-0.05, 0) is 37.1 Å². The molecule has 0 saturated heterocycles. The predicted octanol–water partition coefficient (Wildman–Crippen LogP) is 4.27. The van der Waals surface area contributed by atoms with Crippen molar-refractivity contribution < 1.29 is 4.79 Å². The molecule has 0 unspecified atom stereocenters. The van der Waals surface area contributed by atoms with E-state index < -0.39 is 0 Å². The molecule has 3 rings (SSSR count). The number of hydrogen-bond acceptors (Lipinski definition) is 2. The molecule has 0 aliphatic heterocycles. The largest absolute Gasteiger partial charge is 0.326 e. The molecule has 1 aromatic carbocycles. The van der Waals surface area contributed by atoms with Gasteiger partial charge in [0.05, 0.1) is 5.69 Å². The van der Waals surface area contributed by atoms with Crippen molar-refractivity contribution in [1.29, 1.82) is 0 Å². The van der Waals surface area contributed by atoms with Gasteiger partial charge in [0.1, 0.15) is 0 Å². The van der Waals surface area contributed by atoms with Crippen molar-refractivity contribution in [2.45, 2.75) is 32.1 Å². The molecule has 0 atom stereocenters. The number of rotatable bonds is 3. The molecule has 3 nitrogen and oxygen atoms in total. The van der Waals surface area contributed by atoms with Crippen LogP contribution in [0.4, 0.5) is 5.69 Å². The minimum atomic E-state index is 0.167. The molecule has 1 amide bonds. The molecule has 0 bridgehead atoms. The van der Waals surface area contributed by atoms with E-state index >= 15 is 0 Å². The summed E-state index contributed by atoms with van der Waals surface area (Å²) < 4.78 is 0. The van der Waals surface area contributed by atoms with Gasteiger partial charge in [-0.2, -0.15) is 0 Å². The highest BCUT2D eigenvalue weighted by Gasteiger charge is 2.20. The molecule has 1 aliphatic carbocycles. The first-order valence-electron chi connectivity index (χ1n) is 7.65. The lowest BCUT2D eigenvalue weighted by atomic mass is 9.88. The third-order valence-electron chi connectivity index (χ3n) is 4.09. The van der Waals surface area contributed by atoms with E-state index in [9.17, 15) is 4.79 Å². The van der Waals surface area contributed by atoms with Gasteiger partial charge in [-0.25, -0.2) is 0 Å². The maximum Gasteiger partial charge on any atom is 0.227 e. The van der Waals surface area contributed by atoms with Crippen LogP contribution in [0.1, 0.15) is 32.1 Å². The number of pyridine rings is 1. The summed E-state index contributed by atoms with van der Waals surface area (Å²) in [6, 6.07) is 13.8. The van der Waals surface area contributed by atoms with Crippen LogP contribution in [-0.4, -0.2) is 10.9 Å². The molecule has 21 heavy (non-hydrogen) atoms. The topological polar surface area (TPSA) is 42.0 Å². The number of aromatic nitrogens is 1. The van der Waals surface area contributed by atoms with Gasteiger partial charge < -0.3 is 5.32 Å². The van der Waals surface area contributed by atoms with Gasteiger partial charge in [-0.1, -0.05) is 37.5 Å². The summed E-state index contributed by atoms with van der Waals surface area (Å²) in [6.07, 6.45) is 7.46. The highest BCUT2D eigenvalue weighted by Crippen LogP contribution is 2.25. The molecule has 1 aromatic heterocycles. The lowest BCUT2D eigenvalue weighted by molar-refractivity contribution is -0.120. The van der Waals surface area contributed by atoms with Crippen LogP contribution in [0.2, 0.25) is 0 Å². The van der Waals surface area contributed by atoms with E-state index in [2.05, 4.69) is 10.3 Å². The lowest BCUT2D eigenvalue weighted by Gasteiger charge is -2.20. The summed E-state index contributed by atoms with van der Waals surface area (Å²) in [5, 5.41) is 3.03. The van der Waals surface area contributed by atoms with Crippen molar-refractivity contribution in [3.05, 3.63) is 48.7 Å². The van der Waals surface area contributed by atoms with E-state index in [0.717, 1.165) is 29.8 Å². The Bertz CT molecular complexity index is 586. The van der Waals surface area contributed by atoms with Gasteiger partial charge in [0, 0.05) is 23.4 Å². The Labute approximate surface area is 125 Å². The monoisotopic (exact) mass is 280 g/mol. The smallest absolute Gasteiger partial charge is 0.227 e. The fourth-order valence-electron chi connectivity index (χ4n) is 2.87. The van der Waals surface area contributed by atoms with Crippen LogP contribution in [0.5, 0.6) is 0 Å². The quantitative estimate of drug-likeness (QED) is 0.912. The first-order valence-corrected chi connectivity index (χ1v) is 7.65. The number of hydrogen-bond donors (Lipinski definition) is 1. The van der Waals surface area contributed by atoms with Crippen LogP contribution in [0.15, 0.2) is 48.7 Å². The first kappa shape index (κ1) is 13.8. The fourth-order valence-corrected chi connectivity index (χ4v) is 2.87. The maximum atomic E-state index is 12.2. The lowest BCUT2D eigenvalue weighted by Crippen LogP contribution is -2.24. The Kier molecular flexibility index (Phi) is 4.29. The van der Waals surface area contributed by atoms with E-state index in [1.807, 2.05) is 42.5 Å². The Morgan fingerprint density at radius 2 is 1.76 bits per heavy atom. The minimum absolute atomic E-state index is 0.167. The Balaban J connectivity index is 1.65.